The predicted molar refractivity (Wildman–Crippen MR) is 129 cm³/mol. The Labute approximate surface area is 213 Å². The lowest BCUT2D eigenvalue weighted by atomic mass is 9.93. The van der Waals surface area contributed by atoms with Crippen LogP contribution in [0.4, 0.5) is 9.18 Å². The number of aromatic nitrogens is 2. The van der Waals surface area contributed by atoms with E-state index in [0.717, 1.165) is 12.0 Å². The van der Waals surface area contributed by atoms with Gasteiger partial charge in [-0.05, 0) is 50.2 Å². The number of rotatable bonds is 5. The quantitative estimate of drug-likeness (QED) is 0.595. The molecule has 37 heavy (non-hydrogen) atoms. The third-order valence-electron chi connectivity index (χ3n) is 7.44. The third-order valence-corrected chi connectivity index (χ3v) is 7.44. The molecule has 2 aromatic rings. The first-order chi connectivity index (χ1) is 17.9. The van der Waals surface area contributed by atoms with Crippen molar-refractivity contribution < 1.29 is 28.3 Å². The molecule has 10 nitrogen and oxygen atoms in total. The molecule has 3 heterocycles. The van der Waals surface area contributed by atoms with E-state index in [9.17, 15) is 23.6 Å². The number of benzene rings is 1. The van der Waals surface area contributed by atoms with E-state index in [1.807, 2.05) is 6.20 Å². The molecular formula is C26H30FN5O5. The number of nitrogens with zero attached hydrogens (tertiary/aromatic N) is 3. The van der Waals surface area contributed by atoms with Crippen LogP contribution in [0.3, 0.4) is 0 Å². The SMILES string of the molecule is COC(=O)NCc1ccc2c(c1F)C(=O)N(C1CCC(=O)NC1=O)C2.c1cc(C2CC2)n(C2CCC2)n1. The Morgan fingerprint density at radius 1 is 1.16 bits per heavy atom. The highest BCUT2D eigenvalue weighted by atomic mass is 19.1. The second kappa shape index (κ2) is 10.3. The molecule has 1 aromatic heterocycles. The Morgan fingerprint density at radius 3 is 2.59 bits per heavy atom. The van der Waals surface area contributed by atoms with Gasteiger partial charge in [0.05, 0.1) is 18.7 Å². The molecule has 11 heteroatoms. The van der Waals surface area contributed by atoms with Crippen molar-refractivity contribution in [3.05, 3.63) is 52.6 Å². The first-order valence-corrected chi connectivity index (χ1v) is 12.7. The molecule has 4 aliphatic rings. The molecule has 0 bridgehead atoms. The van der Waals surface area contributed by atoms with E-state index in [-0.39, 0.29) is 43.0 Å². The van der Waals surface area contributed by atoms with Crippen LogP contribution in [-0.4, -0.2) is 51.6 Å². The fourth-order valence-electron chi connectivity index (χ4n) is 4.99. The Bertz CT molecular complexity index is 1240. The number of fused-ring (bicyclic) bond motifs is 1. The van der Waals surface area contributed by atoms with Crippen molar-refractivity contribution in [2.45, 2.75) is 76.0 Å². The maximum Gasteiger partial charge on any atom is 0.407 e. The van der Waals surface area contributed by atoms with Gasteiger partial charge in [-0.25, -0.2) is 9.18 Å². The number of halogens is 1. The van der Waals surface area contributed by atoms with Gasteiger partial charge < -0.3 is 15.0 Å². The molecular weight excluding hydrogens is 481 g/mol. The lowest BCUT2D eigenvalue weighted by Gasteiger charge is -2.29. The van der Waals surface area contributed by atoms with Gasteiger partial charge in [-0.2, -0.15) is 5.10 Å². The van der Waals surface area contributed by atoms with E-state index in [0.29, 0.717) is 5.56 Å². The number of ether oxygens (including phenoxy) is 1. The number of hydrogen-bond donors (Lipinski definition) is 2. The first-order valence-electron chi connectivity index (χ1n) is 12.7. The van der Waals surface area contributed by atoms with Gasteiger partial charge in [0.15, 0.2) is 0 Å². The molecule has 2 aliphatic carbocycles. The van der Waals surface area contributed by atoms with E-state index in [2.05, 4.69) is 31.2 Å². The summed E-state index contributed by atoms with van der Waals surface area (Å²) >= 11 is 0. The molecule has 1 atom stereocenters. The monoisotopic (exact) mass is 511 g/mol. The molecule has 6 rings (SSSR count). The normalized spacial score (nSPS) is 21.0. The minimum Gasteiger partial charge on any atom is -0.453 e. The predicted octanol–water partition coefficient (Wildman–Crippen LogP) is 2.93. The summed E-state index contributed by atoms with van der Waals surface area (Å²) in [5.41, 5.74) is 2.00. The van der Waals surface area contributed by atoms with Gasteiger partial charge in [-0.3, -0.25) is 24.4 Å². The number of nitrogens with one attached hydrogen (secondary N) is 2. The van der Waals surface area contributed by atoms with Crippen molar-refractivity contribution >= 4 is 23.8 Å². The van der Waals surface area contributed by atoms with Gasteiger partial charge in [0.1, 0.15) is 11.9 Å². The average Bonchev–Trinajstić information content (AvgIpc) is 3.49. The van der Waals surface area contributed by atoms with E-state index in [4.69, 9.17) is 0 Å². The van der Waals surface area contributed by atoms with Crippen LogP contribution in [0, 0.1) is 5.82 Å². The largest absolute Gasteiger partial charge is 0.453 e. The summed E-state index contributed by atoms with van der Waals surface area (Å²) in [6.07, 6.45) is 8.47. The van der Waals surface area contributed by atoms with Gasteiger partial charge in [-0.1, -0.05) is 12.1 Å². The lowest BCUT2D eigenvalue weighted by molar-refractivity contribution is -0.136. The van der Waals surface area contributed by atoms with Crippen molar-refractivity contribution in [3.63, 3.8) is 0 Å². The van der Waals surface area contributed by atoms with Crippen molar-refractivity contribution in [2.24, 2.45) is 0 Å². The second-order valence-corrected chi connectivity index (χ2v) is 9.88. The highest BCUT2D eigenvalue weighted by Gasteiger charge is 2.40. The van der Waals surface area contributed by atoms with Gasteiger partial charge >= 0.3 is 6.09 Å². The molecule has 2 N–H and O–H groups in total. The van der Waals surface area contributed by atoms with Crippen molar-refractivity contribution in [3.8, 4) is 0 Å². The molecule has 3 fully saturated rings. The van der Waals surface area contributed by atoms with E-state index < -0.39 is 29.8 Å². The van der Waals surface area contributed by atoms with Crippen LogP contribution in [0.25, 0.3) is 0 Å². The number of amides is 4. The Hall–Kier alpha value is -3.76. The zero-order valence-electron chi connectivity index (χ0n) is 20.7. The summed E-state index contributed by atoms with van der Waals surface area (Å²) in [7, 11) is 1.19. The molecule has 0 radical (unpaired) electrons. The lowest BCUT2D eigenvalue weighted by Crippen LogP contribution is -2.52. The van der Waals surface area contributed by atoms with Crippen molar-refractivity contribution in [1.82, 2.24) is 25.3 Å². The number of piperidine rings is 1. The van der Waals surface area contributed by atoms with Crippen LogP contribution in [0.5, 0.6) is 0 Å². The summed E-state index contributed by atoms with van der Waals surface area (Å²) in [6.45, 7) is -0.0282. The molecule has 196 valence electrons. The topological polar surface area (TPSA) is 123 Å². The van der Waals surface area contributed by atoms with Gasteiger partial charge in [0.2, 0.25) is 11.8 Å². The van der Waals surface area contributed by atoms with Crippen LogP contribution in [-0.2, 0) is 27.4 Å². The van der Waals surface area contributed by atoms with Crippen molar-refractivity contribution in [2.75, 3.05) is 7.11 Å². The number of carbonyl (C=O) groups is 4. The highest BCUT2D eigenvalue weighted by Crippen LogP contribution is 2.43. The first kappa shape index (κ1) is 24.9. The third kappa shape index (κ3) is 5.07. The van der Waals surface area contributed by atoms with Crippen LogP contribution >= 0.6 is 0 Å². The minimum absolute atomic E-state index is 0.0993. The van der Waals surface area contributed by atoms with Gasteiger partial charge in [-0.15, -0.1) is 0 Å². The zero-order valence-corrected chi connectivity index (χ0v) is 20.7. The molecule has 2 aliphatic heterocycles. The van der Waals surface area contributed by atoms with E-state index in [1.165, 1.54) is 55.9 Å². The zero-order chi connectivity index (χ0) is 26.1. The molecule has 2 saturated carbocycles. The standard InChI is InChI=1S/C16H16FN3O5.C10H14N2/c1-25-16(24)18-6-8-2-3-9-7-20(15(23)12(9)13(8)17)10-4-5-11(21)19-14(10)22;1-2-9(3-1)12-10(6-7-11-12)8-4-5-8/h2-3,10H,4-7H2,1H3,(H,18,24)(H,19,21,22);6-9H,1-5H2. The van der Waals surface area contributed by atoms with E-state index in [1.54, 1.807) is 6.07 Å². The fraction of sp³-hybridized carbons (Fsp3) is 0.500. The van der Waals surface area contributed by atoms with Crippen molar-refractivity contribution in [1.29, 1.82) is 0 Å². The number of methoxy groups -OCH3 is 1. The average molecular weight is 512 g/mol. The smallest absolute Gasteiger partial charge is 0.407 e. The molecule has 1 aromatic carbocycles. The maximum atomic E-state index is 14.7. The molecule has 4 amide bonds. The fourth-order valence-corrected chi connectivity index (χ4v) is 4.99. The summed E-state index contributed by atoms with van der Waals surface area (Å²) in [6, 6.07) is 5.22. The van der Waals surface area contributed by atoms with Crippen LogP contribution in [0.15, 0.2) is 24.4 Å². The summed E-state index contributed by atoms with van der Waals surface area (Å²) in [4.78, 5) is 48.2. The van der Waals surface area contributed by atoms with E-state index >= 15 is 0 Å². The Morgan fingerprint density at radius 2 is 1.95 bits per heavy atom. The number of hydrogen-bond acceptors (Lipinski definition) is 6. The highest BCUT2D eigenvalue weighted by molar-refractivity contribution is 6.05. The summed E-state index contributed by atoms with van der Waals surface area (Å²) in [5.74, 6) is -1.40. The van der Waals surface area contributed by atoms with Crippen LogP contribution in [0.1, 0.15) is 84.1 Å². The van der Waals surface area contributed by atoms with Crippen LogP contribution < -0.4 is 10.6 Å². The summed E-state index contributed by atoms with van der Waals surface area (Å²) in [5, 5.41) is 8.96. The number of imide groups is 1. The number of alkyl carbamates (subject to hydrolysis) is 1. The Balaban J connectivity index is 0.000000192. The number of carbonyl (C=O) groups excluding carboxylic acids is 4. The van der Waals surface area contributed by atoms with Gasteiger partial charge in [0.25, 0.3) is 5.91 Å². The minimum atomic E-state index is -0.798. The molecule has 0 spiro atoms. The van der Waals surface area contributed by atoms with Crippen LogP contribution in [0.2, 0.25) is 0 Å². The second-order valence-electron chi connectivity index (χ2n) is 9.88. The Kier molecular flexibility index (Phi) is 6.94. The molecule has 1 unspecified atom stereocenters. The molecule has 1 saturated heterocycles. The summed E-state index contributed by atoms with van der Waals surface area (Å²) < 4.78 is 21.4. The maximum absolute atomic E-state index is 14.7. The van der Waals surface area contributed by atoms with Gasteiger partial charge in [0, 0.05) is 42.9 Å².